The lowest BCUT2D eigenvalue weighted by Gasteiger charge is -2.41. The molecule has 0 atom stereocenters. The summed E-state index contributed by atoms with van der Waals surface area (Å²) in [4.78, 5) is 13.8. The minimum absolute atomic E-state index is 0.0965. The second-order valence-electron chi connectivity index (χ2n) is 5.44. The zero-order valence-corrected chi connectivity index (χ0v) is 11.7. The Morgan fingerprint density at radius 2 is 1.94 bits per heavy atom. The van der Waals surface area contributed by atoms with Crippen LogP contribution >= 0.6 is 0 Å². The Morgan fingerprint density at radius 1 is 1.28 bits per heavy atom. The molecular weight excluding hydrogens is 222 g/mol. The third-order valence-electron chi connectivity index (χ3n) is 3.43. The van der Waals surface area contributed by atoms with Crippen LogP contribution in [-0.2, 0) is 4.79 Å². The highest BCUT2D eigenvalue weighted by molar-refractivity contribution is 5.99. The van der Waals surface area contributed by atoms with Gasteiger partial charge in [0.1, 0.15) is 0 Å². The molecule has 0 N–H and O–H groups in total. The van der Waals surface area contributed by atoms with Crippen LogP contribution in [0.25, 0.3) is 5.57 Å². The molecule has 1 amide bonds. The molecule has 1 aliphatic heterocycles. The molecule has 1 aliphatic rings. The van der Waals surface area contributed by atoms with Crippen LogP contribution in [0.3, 0.4) is 0 Å². The van der Waals surface area contributed by atoms with Gasteiger partial charge in [-0.2, -0.15) is 0 Å². The second-order valence-corrected chi connectivity index (χ2v) is 5.44. The third kappa shape index (κ3) is 2.07. The van der Waals surface area contributed by atoms with E-state index in [9.17, 15) is 4.79 Å². The fourth-order valence-corrected chi connectivity index (χ4v) is 2.87. The van der Waals surface area contributed by atoms with Gasteiger partial charge >= 0.3 is 0 Å². The highest BCUT2D eigenvalue weighted by Crippen LogP contribution is 2.40. The summed E-state index contributed by atoms with van der Waals surface area (Å²) >= 11 is 0. The largest absolute Gasteiger partial charge is 0.303 e. The van der Waals surface area contributed by atoms with Crippen molar-refractivity contribution in [3.8, 4) is 0 Å². The Hall–Kier alpha value is -1.57. The molecule has 1 aromatic rings. The van der Waals surface area contributed by atoms with Crippen molar-refractivity contribution in [2.45, 2.75) is 46.1 Å². The van der Waals surface area contributed by atoms with Gasteiger partial charge in [-0.25, -0.2) is 0 Å². The van der Waals surface area contributed by atoms with E-state index >= 15 is 0 Å². The van der Waals surface area contributed by atoms with Crippen LogP contribution in [0, 0.1) is 0 Å². The standard InChI is InChI=1S/C16H21NO/c1-5-8-13-11-16(3,4)17(12(2)18)15-10-7-6-9-14(13)15/h6-7,9-11H,5,8H2,1-4H3. The van der Waals surface area contributed by atoms with Crippen molar-refractivity contribution in [3.63, 3.8) is 0 Å². The average molecular weight is 243 g/mol. The number of amides is 1. The van der Waals surface area contributed by atoms with Gasteiger partial charge < -0.3 is 4.90 Å². The summed E-state index contributed by atoms with van der Waals surface area (Å²) in [7, 11) is 0. The summed E-state index contributed by atoms with van der Waals surface area (Å²) in [6, 6.07) is 8.20. The predicted molar refractivity (Wildman–Crippen MR) is 76.6 cm³/mol. The maximum Gasteiger partial charge on any atom is 0.224 e. The monoisotopic (exact) mass is 243 g/mol. The van der Waals surface area contributed by atoms with Gasteiger partial charge in [-0.3, -0.25) is 4.79 Å². The number of rotatable bonds is 2. The predicted octanol–water partition coefficient (Wildman–Crippen LogP) is 4.02. The molecule has 0 bridgehead atoms. The fourth-order valence-electron chi connectivity index (χ4n) is 2.87. The maximum absolute atomic E-state index is 11.9. The zero-order valence-electron chi connectivity index (χ0n) is 11.7. The Balaban J connectivity index is 2.61. The van der Waals surface area contributed by atoms with Crippen LogP contribution in [0.1, 0.15) is 46.1 Å². The van der Waals surface area contributed by atoms with Gasteiger partial charge in [0, 0.05) is 12.5 Å². The number of hydrogen-bond donors (Lipinski definition) is 0. The van der Waals surface area contributed by atoms with E-state index in [0.29, 0.717) is 0 Å². The smallest absolute Gasteiger partial charge is 0.224 e. The molecule has 0 aromatic heterocycles. The van der Waals surface area contributed by atoms with E-state index in [1.54, 1.807) is 6.92 Å². The van der Waals surface area contributed by atoms with Crippen molar-refractivity contribution in [2.24, 2.45) is 0 Å². The van der Waals surface area contributed by atoms with Crippen LogP contribution in [0.5, 0.6) is 0 Å². The molecule has 0 spiro atoms. The molecule has 1 heterocycles. The molecule has 2 heteroatoms. The number of allylic oxidation sites excluding steroid dienone is 1. The van der Waals surface area contributed by atoms with Crippen molar-refractivity contribution >= 4 is 17.2 Å². The molecule has 96 valence electrons. The van der Waals surface area contributed by atoms with Crippen LogP contribution in [-0.4, -0.2) is 11.4 Å². The maximum atomic E-state index is 11.9. The van der Waals surface area contributed by atoms with Crippen molar-refractivity contribution in [3.05, 3.63) is 35.9 Å². The van der Waals surface area contributed by atoms with E-state index in [-0.39, 0.29) is 11.4 Å². The summed E-state index contributed by atoms with van der Waals surface area (Å²) < 4.78 is 0. The van der Waals surface area contributed by atoms with Gasteiger partial charge in [0.25, 0.3) is 0 Å². The van der Waals surface area contributed by atoms with E-state index in [1.165, 1.54) is 11.1 Å². The first-order valence-electron chi connectivity index (χ1n) is 6.59. The van der Waals surface area contributed by atoms with E-state index in [2.05, 4.69) is 32.9 Å². The summed E-state index contributed by atoms with van der Waals surface area (Å²) in [5, 5.41) is 0. The Morgan fingerprint density at radius 3 is 2.56 bits per heavy atom. The van der Waals surface area contributed by atoms with Crippen molar-refractivity contribution in [1.82, 2.24) is 0 Å². The molecule has 0 saturated heterocycles. The molecule has 0 unspecified atom stereocenters. The van der Waals surface area contributed by atoms with Gasteiger partial charge in [0.05, 0.1) is 11.2 Å². The first kappa shape index (κ1) is 12.9. The number of hydrogen-bond acceptors (Lipinski definition) is 1. The van der Waals surface area contributed by atoms with Gasteiger partial charge in [0.15, 0.2) is 0 Å². The lowest BCUT2D eigenvalue weighted by Crippen LogP contribution is -2.48. The van der Waals surface area contributed by atoms with E-state index < -0.39 is 0 Å². The van der Waals surface area contributed by atoms with Gasteiger partial charge in [0.2, 0.25) is 5.91 Å². The number of para-hydroxylation sites is 1. The second kappa shape index (κ2) is 4.60. The number of benzene rings is 1. The first-order chi connectivity index (χ1) is 8.47. The van der Waals surface area contributed by atoms with Crippen LogP contribution in [0.4, 0.5) is 5.69 Å². The van der Waals surface area contributed by atoms with Crippen molar-refractivity contribution in [1.29, 1.82) is 0 Å². The Kier molecular flexibility index (Phi) is 3.29. The molecule has 2 rings (SSSR count). The third-order valence-corrected chi connectivity index (χ3v) is 3.43. The molecule has 0 fully saturated rings. The molecule has 0 aliphatic carbocycles. The first-order valence-corrected chi connectivity index (χ1v) is 6.59. The van der Waals surface area contributed by atoms with Gasteiger partial charge in [-0.15, -0.1) is 0 Å². The zero-order chi connectivity index (χ0) is 13.3. The minimum atomic E-state index is -0.245. The fraction of sp³-hybridized carbons (Fsp3) is 0.438. The minimum Gasteiger partial charge on any atom is -0.303 e. The number of nitrogens with zero attached hydrogens (tertiary/aromatic N) is 1. The van der Waals surface area contributed by atoms with Crippen molar-refractivity contribution in [2.75, 3.05) is 4.90 Å². The quantitative estimate of drug-likeness (QED) is 0.768. The topological polar surface area (TPSA) is 20.3 Å². The summed E-state index contributed by atoms with van der Waals surface area (Å²) in [6.07, 6.45) is 4.42. The lowest BCUT2D eigenvalue weighted by molar-refractivity contribution is -0.117. The average Bonchev–Trinajstić information content (AvgIpc) is 2.27. The lowest BCUT2D eigenvalue weighted by atomic mass is 9.86. The van der Waals surface area contributed by atoms with Gasteiger partial charge in [-0.05, 0) is 31.9 Å². The van der Waals surface area contributed by atoms with Crippen molar-refractivity contribution < 1.29 is 4.79 Å². The summed E-state index contributed by atoms with van der Waals surface area (Å²) in [5.74, 6) is 0.0965. The molecule has 1 aromatic carbocycles. The SMILES string of the molecule is CCCC1=CC(C)(C)N(C(C)=O)c2ccccc21. The highest BCUT2D eigenvalue weighted by Gasteiger charge is 2.34. The van der Waals surface area contributed by atoms with E-state index in [0.717, 1.165) is 18.5 Å². The van der Waals surface area contributed by atoms with E-state index in [4.69, 9.17) is 0 Å². The molecule has 18 heavy (non-hydrogen) atoms. The number of carbonyl (C=O) groups is 1. The van der Waals surface area contributed by atoms with Crippen LogP contribution in [0.15, 0.2) is 30.3 Å². The number of fused-ring (bicyclic) bond motifs is 1. The van der Waals surface area contributed by atoms with E-state index in [1.807, 2.05) is 23.1 Å². The summed E-state index contributed by atoms with van der Waals surface area (Å²) in [5.41, 5.74) is 3.36. The molecular formula is C16H21NO. The molecule has 0 saturated carbocycles. The number of anilines is 1. The Labute approximate surface area is 109 Å². The Bertz CT molecular complexity index is 500. The summed E-state index contributed by atoms with van der Waals surface area (Å²) in [6.45, 7) is 8.02. The molecule has 2 nitrogen and oxygen atoms in total. The van der Waals surface area contributed by atoms with Crippen LogP contribution in [0.2, 0.25) is 0 Å². The van der Waals surface area contributed by atoms with Crippen LogP contribution < -0.4 is 4.90 Å². The van der Waals surface area contributed by atoms with Gasteiger partial charge in [-0.1, -0.05) is 37.6 Å². The highest BCUT2D eigenvalue weighted by atomic mass is 16.2. The normalized spacial score (nSPS) is 17.1. The molecule has 0 radical (unpaired) electrons. The number of carbonyl (C=O) groups excluding carboxylic acids is 1.